The normalized spacial score (nSPS) is 13.8. The Kier molecular flexibility index (Phi) is 6.50. The minimum absolute atomic E-state index is 0.00423. The van der Waals surface area contributed by atoms with E-state index in [1.165, 1.54) is 7.11 Å². The Morgan fingerprint density at radius 3 is 2.23 bits per heavy atom. The minimum atomic E-state index is -0.489. The molecule has 0 aliphatic carbocycles. The first-order chi connectivity index (χ1) is 14.4. The highest BCUT2D eigenvalue weighted by molar-refractivity contribution is 5.98. The van der Waals surface area contributed by atoms with Crippen LogP contribution < -0.4 is 19.5 Å². The lowest BCUT2D eigenvalue weighted by atomic mass is 10.00. The van der Waals surface area contributed by atoms with E-state index in [0.29, 0.717) is 29.4 Å². The third kappa shape index (κ3) is 4.20. The van der Waals surface area contributed by atoms with Crippen molar-refractivity contribution in [1.82, 2.24) is 10.2 Å². The van der Waals surface area contributed by atoms with Gasteiger partial charge in [-0.3, -0.25) is 9.59 Å². The van der Waals surface area contributed by atoms with Crippen molar-refractivity contribution in [2.24, 2.45) is 0 Å². The van der Waals surface area contributed by atoms with Crippen molar-refractivity contribution in [3.63, 3.8) is 0 Å². The maximum atomic E-state index is 13.2. The summed E-state index contributed by atoms with van der Waals surface area (Å²) in [5, 5.41) is 2.92. The van der Waals surface area contributed by atoms with Gasteiger partial charge in [0.2, 0.25) is 11.7 Å². The van der Waals surface area contributed by atoms with Crippen LogP contribution in [0.25, 0.3) is 0 Å². The first-order valence-electron chi connectivity index (χ1n) is 9.87. The lowest BCUT2D eigenvalue weighted by Gasteiger charge is -2.29. The summed E-state index contributed by atoms with van der Waals surface area (Å²) in [6.07, 6.45) is 0.122. The summed E-state index contributed by atoms with van der Waals surface area (Å²) in [4.78, 5) is 27.6. The van der Waals surface area contributed by atoms with Gasteiger partial charge in [0.1, 0.15) is 0 Å². The number of hydrogen-bond acceptors (Lipinski definition) is 5. The van der Waals surface area contributed by atoms with Crippen LogP contribution in [-0.2, 0) is 11.3 Å². The van der Waals surface area contributed by atoms with E-state index in [2.05, 4.69) is 5.32 Å². The van der Waals surface area contributed by atoms with Crippen LogP contribution in [-0.4, -0.2) is 44.1 Å². The van der Waals surface area contributed by atoms with Crippen molar-refractivity contribution in [2.45, 2.75) is 38.9 Å². The molecule has 0 radical (unpaired) electrons. The number of benzene rings is 2. The fourth-order valence-corrected chi connectivity index (χ4v) is 3.79. The summed E-state index contributed by atoms with van der Waals surface area (Å²) in [7, 11) is 4.62. The summed E-state index contributed by atoms with van der Waals surface area (Å²) in [6, 6.07) is 10.6. The number of nitrogens with one attached hydrogen (secondary N) is 1. The van der Waals surface area contributed by atoms with Crippen molar-refractivity contribution < 1.29 is 23.8 Å². The van der Waals surface area contributed by atoms with Gasteiger partial charge in [0.25, 0.3) is 5.91 Å². The van der Waals surface area contributed by atoms with Gasteiger partial charge < -0.3 is 24.4 Å². The monoisotopic (exact) mass is 412 g/mol. The fourth-order valence-electron chi connectivity index (χ4n) is 3.79. The molecular weight excluding hydrogens is 384 g/mol. The second kappa shape index (κ2) is 9.07. The standard InChI is InChI=1S/C23H28N2O5/c1-14(2)24-21(26)12-18(25-13-15-8-6-7-9-17(15)23(25)27)16-10-19(28-3)22(30-5)20(11-16)29-4/h6-11,14,18H,12-13H2,1-5H3,(H,24,26)/t18-/m1/s1. The Bertz CT molecular complexity index is 916. The molecule has 7 nitrogen and oxygen atoms in total. The number of hydrogen-bond donors (Lipinski definition) is 1. The van der Waals surface area contributed by atoms with E-state index in [-0.39, 0.29) is 24.3 Å². The molecule has 2 aromatic carbocycles. The molecule has 0 saturated heterocycles. The Balaban J connectivity index is 2.05. The van der Waals surface area contributed by atoms with Gasteiger partial charge in [0.05, 0.1) is 33.8 Å². The summed E-state index contributed by atoms with van der Waals surface area (Å²) in [6.45, 7) is 4.25. The van der Waals surface area contributed by atoms with E-state index in [0.717, 1.165) is 11.1 Å². The fraction of sp³-hybridized carbons (Fsp3) is 0.391. The second-order valence-corrected chi connectivity index (χ2v) is 7.49. The number of carbonyl (C=O) groups excluding carboxylic acids is 2. The smallest absolute Gasteiger partial charge is 0.255 e. The van der Waals surface area contributed by atoms with Gasteiger partial charge in [0, 0.05) is 18.2 Å². The van der Waals surface area contributed by atoms with Gasteiger partial charge in [-0.15, -0.1) is 0 Å². The highest BCUT2D eigenvalue weighted by atomic mass is 16.5. The molecule has 0 saturated carbocycles. The predicted molar refractivity (Wildman–Crippen MR) is 113 cm³/mol. The van der Waals surface area contributed by atoms with E-state index in [1.54, 1.807) is 31.3 Å². The van der Waals surface area contributed by atoms with Crippen LogP contribution in [0.4, 0.5) is 0 Å². The summed E-state index contributed by atoms with van der Waals surface area (Å²) >= 11 is 0. The Morgan fingerprint density at radius 2 is 1.70 bits per heavy atom. The van der Waals surface area contributed by atoms with Gasteiger partial charge in [-0.2, -0.15) is 0 Å². The van der Waals surface area contributed by atoms with Gasteiger partial charge in [-0.25, -0.2) is 0 Å². The van der Waals surface area contributed by atoms with E-state index in [1.807, 2.05) is 38.1 Å². The molecule has 2 amide bonds. The highest BCUT2D eigenvalue weighted by Gasteiger charge is 2.35. The SMILES string of the molecule is COc1cc([C@@H](CC(=O)NC(C)C)N2Cc3ccccc3C2=O)cc(OC)c1OC. The van der Waals surface area contributed by atoms with Crippen molar-refractivity contribution in [1.29, 1.82) is 0 Å². The third-order valence-electron chi connectivity index (χ3n) is 5.13. The summed E-state index contributed by atoms with van der Waals surface area (Å²) in [5.74, 6) is 1.19. The molecule has 0 bridgehead atoms. The number of fused-ring (bicyclic) bond motifs is 1. The van der Waals surface area contributed by atoms with Gasteiger partial charge in [-0.05, 0) is 43.2 Å². The molecule has 1 atom stereocenters. The molecule has 7 heteroatoms. The zero-order valence-electron chi connectivity index (χ0n) is 18.0. The van der Waals surface area contributed by atoms with Crippen LogP contribution in [0.5, 0.6) is 17.2 Å². The van der Waals surface area contributed by atoms with E-state index in [4.69, 9.17) is 14.2 Å². The molecular formula is C23H28N2O5. The number of rotatable bonds is 8. The first kappa shape index (κ1) is 21.5. The number of carbonyl (C=O) groups is 2. The lowest BCUT2D eigenvalue weighted by Crippen LogP contribution is -2.36. The molecule has 2 aromatic rings. The molecule has 0 fully saturated rings. The molecule has 1 heterocycles. The summed E-state index contributed by atoms with van der Waals surface area (Å²) < 4.78 is 16.4. The zero-order valence-corrected chi connectivity index (χ0v) is 18.0. The van der Waals surface area contributed by atoms with Crippen LogP contribution in [0.1, 0.15) is 47.8 Å². The second-order valence-electron chi connectivity index (χ2n) is 7.49. The zero-order chi connectivity index (χ0) is 21.8. The molecule has 0 aromatic heterocycles. The van der Waals surface area contributed by atoms with Gasteiger partial charge >= 0.3 is 0 Å². The van der Waals surface area contributed by atoms with Gasteiger partial charge in [0.15, 0.2) is 11.5 Å². The molecule has 1 aliphatic rings. The molecule has 1 aliphatic heterocycles. The summed E-state index contributed by atoms with van der Waals surface area (Å²) in [5.41, 5.74) is 2.35. The van der Waals surface area contributed by atoms with E-state index < -0.39 is 6.04 Å². The van der Waals surface area contributed by atoms with Crippen LogP contribution in [0.15, 0.2) is 36.4 Å². The molecule has 30 heavy (non-hydrogen) atoms. The van der Waals surface area contributed by atoms with Crippen molar-refractivity contribution in [2.75, 3.05) is 21.3 Å². The number of methoxy groups -OCH3 is 3. The van der Waals surface area contributed by atoms with E-state index in [9.17, 15) is 9.59 Å². The number of amides is 2. The molecule has 1 N–H and O–H groups in total. The molecule has 160 valence electrons. The molecule has 0 spiro atoms. The predicted octanol–water partition coefficient (Wildman–Crippen LogP) is 3.32. The van der Waals surface area contributed by atoms with Crippen LogP contribution >= 0.6 is 0 Å². The topological polar surface area (TPSA) is 77.1 Å². The van der Waals surface area contributed by atoms with Crippen molar-refractivity contribution >= 4 is 11.8 Å². The number of nitrogens with zero attached hydrogens (tertiary/aromatic N) is 1. The molecule has 0 unspecified atom stereocenters. The minimum Gasteiger partial charge on any atom is -0.493 e. The third-order valence-corrected chi connectivity index (χ3v) is 5.13. The Hall–Kier alpha value is -3.22. The highest BCUT2D eigenvalue weighted by Crippen LogP contribution is 2.42. The van der Waals surface area contributed by atoms with Crippen LogP contribution in [0.2, 0.25) is 0 Å². The maximum absolute atomic E-state index is 13.2. The maximum Gasteiger partial charge on any atom is 0.255 e. The van der Waals surface area contributed by atoms with Gasteiger partial charge in [-0.1, -0.05) is 18.2 Å². The largest absolute Gasteiger partial charge is 0.493 e. The van der Waals surface area contributed by atoms with Crippen LogP contribution in [0.3, 0.4) is 0 Å². The van der Waals surface area contributed by atoms with E-state index >= 15 is 0 Å². The Morgan fingerprint density at radius 1 is 1.07 bits per heavy atom. The van der Waals surface area contributed by atoms with Crippen molar-refractivity contribution in [3.8, 4) is 17.2 Å². The lowest BCUT2D eigenvalue weighted by molar-refractivity contribution is -0.122. The average Bonchev–Trinajstić information content (AvgIpc) is 3.06. The van der Waals surface area contributed by atoms with Crippen molar-refractivity contribution in [3.05, 3.63) is 53.1 Å². The number of ether oxygens (including phenoxy) is 3. The molecule has 3 rings (SSSR count). The first-order valence-corrected chi connectivity index (χ1v) is 9.87. The quantitative estimate of drug-likeness (QED) is 0.720. The van der Waals surface area contributed by atoms with Crippen LogP contribution in [0, 0.1) is 0 Å². The average molecular weight is 412 g/mol. The Labute approximate surface area is 176 Å².